The van der Waals surface area contributed by atoms with Crippen molar-refractivity contribution in [3.8, 4) is 5.69 Å². The number of hydrogen-bond donors (Lipinski definition) is 0. The van der Waals surface area contributed by atoms with Gasteiger partial charge in [-0.3, -0.25) is 4.99 Å². The summed E-state index contributed by atoms with van der Waals surface area (Å²) in [5.74, 6) is 0. The van der Waals surface area contributed by atoms with Crippen molar-refractivity contribution < 1.29 is 0 Å². The van der Waals surface area contributed by atoms with Crippen LogP contribution in [0.15, 0.2) is 53.8 Å². The molecule has 0 saturated heterocycles. The summed E-state index contributed by atoms with van der Waals surface area (Å²) < 4.78 is 1.84. The fourth-order valence-corrected chi connectivity index (χ4v) is 3.90. The first-order valence-electron chi connectivity index (χ1n) is 8.07. The van der Waals surface area contributed by atoms with Crippen molar-refractivity contribution in [2.24, 2.45) is 4.99 Å². The number of halogens is 2. The highest BCUT2D eigenvalue weighted by molar-refractivity contribution is 6.33. The number of aliphatic imine (C=N–C) groups is 1. The highest BCUT2D eigenvalue weighted by atomic mass is 35.5. The lowest BCUT2D eigenvalue weighted by Crippen LogP contribution is -2.26. The van der Waals surface area contributed by atoms with E-state index in [9.17, 15) is 0 Å². The van der Waals surface area contributed by atoms with Crippen molar-refractivity contribution in [3.05, 3.63) is 75.5 Å². The van der Waals surface area contributed by atoms with E-state index in [1.807, 2.05) is 53.5 Å². The Bertz CT molecular complexity index is 998. The zero-order chi connectivity index (χ0) is 17.8. The van der Waals surface area contributed by atoms with Crippen LogP contribution in [0.2, 0.25) is 10.0 Å². The van der Waals surface area contributed by atoms with Crippen LogP contribution in [-0.2, 0) is 5.41 Å². The van der Waals surface area contributed by atoms with Gasteiger partial charge in [-0.05, 0) is 56.7 Å². The quantitative estimate of drug-likeness (QED) is 0.552. The van der Waals surface area contributed by atoms with E-state index in [-0.39, 0.29) is 5.41 Å². The molecule has 0 fully saturated rings. The van der Waals surface area contributed by atoms with E-state index in [4.69, 9.17) is 28.2 Å². The van der Waals surface area contributed by atoms with Crippen molar-refractivity contribution in [1.82, 2.24) is 9.78 Å². The molecule has 0 aliphatic carbocycles. The Hall–Kier alpha value is -2.10. The Morgan fingerprint density at radius 2 is 1.72 bits per heavy atom. The second-order valence-corrected chi connectivity index (χ2v) is 7.67. The van der Waals surface area contributed by atoms with E-state index in [0.717, 1.165) is 38.8 Å². The van der Waals surface area contributed by atoms with Crippen LogP contribution in [0.3, 0.4) is 0 Å². The molecule has 0 amide bonds. The zero-order valence-electron chi connectivity index (χ0n) is 14.2. The SMILES string of the molecule is Cc1ccc(Cl)c2c1N=C(c1cnn(-c3ccc(Cl)cc3)c1)C2(C)C. The van der Waals surface area contributed by atoms with Gasteiger partial charge in [-0.25, -0.2) is 4.68 Å². The summed E-state index contributed by atoms with van der Waals surface area (Å²) in [7, 11) is 0. The number of fused-ring (bicyclic) bond motifs is 1. The molecule has 5 heteroatoms. The molecule has 1 aliphatic rings. The van der Waals surface area contributed by atoms with Crippen LogP contribution in [0.25, 0.3) is 5.69 Å². The van der Waals surface area contributed by atoms with E-state index in [0.29, 0.717) is 5.02 Å². The fraction of sp³-hybridized carbons (Fsp3) is 0.200. The Morgan fingerprint density at radius 1 is 1.00 bits per heavy atom. The van der Waals surface area contributed by atoms with Crippen LogP contribution < -0.4 is 0 Å². The molecular weight excluding hydrogens is 353 g/mol. The molecule has 0 unspecified atom stereocenters. The van der Waals surface area contributed by atoms with Crippen LogP contribution in [-0.4, -0.2) is 15.5 Å². The van der Waals surface area contributed by atoms with E-state index < -0.39 is 0 Å². The van der Waals surface area contributed by atoms with E-state index >= 15 is 0 Å². The maximum atomic E-state index is 6.49. The Kier molecular flexibility index (Phi) is 3.75. The van der Waals surface area contributed by atoms with Gasteiger partial charge in [0.15, 0.2) is 0 Å². The second kappa shape index (κ2) is 5.72. The molecule has 3 aromatic rings. The van der Waals surface area contributed by atoms with Crippen molar-refractivity contribution in [2.45, 2.75) is 26.2 Å². The monoisotopic (exact) mass is 369 g/mol. The highest BCUT2D eigenvalue weighted by Gasteiger charge is 2.38. The summed E-state index contributed by atoms with van der Waals surface area (Å²) in [6.45, 7) is 6.38. The number of hydrogen-bond acceptors (Lipinski definition) is 2. The molecule has 0 radical (unpaired) electrons. The molecule has 25 heavy (non-hydrogen) atoms. The molecular formula is C20H17Cl2N3. The molecule has 2 heterocycles. The number of benzene rings is 2. The molecule has 1 aromatic heterocycles. The van der Waals surface area contributed by atoms with Gasteiger partial charge >= 0.3 is 0 Å². The summed E-state index contributed by atoms with van der Waals surface area (Å²) in [4.78, 5) is 4.91. The van der Waals surface area contributed by atoms with Gasteiger partial charge in [0.1, 0.15) is 0 Å². The normalized spacial score (nSPS) is 15.2. The predicted octanol–water partition coefficient (Wildman–Crippen LogP) is 5.90. The van der Waals surface area contributed by atoms with Gasteiger partial charge in [-0.15, -0.1) is 0 Å². The average Bonchev–Trinajstić information content (AvgIpc) is 3.15. The second-order valence-electron chi connectivity index (χ2n) is 6.82. The maximum absolute atomic E-state index is 6.49. The summed E-state index contributed by atoms with van der Waals surface area (Å²) in [5, 5.41) is 5.96. The first-order valence-corrected chi connectivity index (χ1v) is 8.83. The molecule has 0 spiro atoms. The lowest BCUT2D eigenvalue weighted by atomic mass is 9.79. The fourth-order valence-electron chi connectivity index (χ4n) is 3.38. The Balaban J connectivity index is 1.79. The third-order valence-corrected chi connectivity index (χ3v) is 5.28. The average molecular weight is 370 g/mol. The summed E-state index contributed by atoms with van der Waals surface area (Å²) >= 11 is 12.5. The third-order valence-electron chi connectivity index (χ3n) is 4.72. The summed E-state index contributed by atoms with van der Waals surface area (Å²) in [6, 6.07) is 11.6. The lowest BCUT2D eigenvalue weighted by Gasteiger charge is -2.22. The van der Waals surface area contributed by atoms with Crippen molar-refractivity contribution in [3.63, 3.8) is 0 Å². The molecule has 3 nitrogen and oxygen atoms in total. The van der Waals surface area contributed by atoms with E-state index in [1.165, 1.54) is 0 Å². The largest absolute Gasteiger partial charge is 0.251 e. The molecule has 2 aromatic carbocycles. The van der Waals surface area contributed by atoms with Crippen molar-refractivity contribution >= 4 is 34.6 Å². The minimum atomic E-state index is -0.272. The van der Waals surface area contributed by atoms with Crippen molar-refractivity contribution in [1.29, 1.82) is 0 Å². The van der Waals surface area contributed by atoms with Gasteiger partial charge in [0.25, 0.3) is 0 Å². The number of aryl methyl sites for hydroxylation is 1. The molecule has 4 rings (SSSR count). The van der Waals surface area contributed by atoms with Crippen LogP contribution in [0.1, 0.15) is 30.5 Å². The molecule has 0 N–H and O–H groups in total. The van der Waals surface area contributed by atoms with E-state index in [1.54, 1.807) is 0 Å². The predicted molar refractivity (Wildman–Crippen MR) is 104 cm³/mol. The molecule has 0 saturated carbocycles. The van der Waals surface area contributed by atoms with Crippen LogP contribution in [0.4, 0.5) is 5.69 Å². The van der Waals surface area contributed by atoms with Gasteiger partial charge in [0, 0.05) is 32.8 Å². The minimum Gasteiger partial charge on any atom is -0.251 e. The first kappa shape index (κ1) is 16.4. The van der Waals surface area contributed by atoms with Crippen LogP contribution in [0.5, 0.6) is 0 Å². The summed E-state index contributed by atoms with van der Waals surface area (Å²) in [5.41, 5.74) is 5.86. The van der Waals surface area contributed by atoms with Crippen LogP contribution in [0, 0.1) is 6.92 Å². The van der Waals surface area contributed by atoms with Gasteiger partial charge in [-0.2, -0.15) is 5.10 Å². The minimum absolute atomic E-state index is 0.272. The molecule has 0 bridgehead atoms. The Morgan fingerprint density at radius 3 is 2.40 bits per heavy atom. The molecule has 0 atom stereocenters. The number of rotatable bonds is 2. The maximum Gasteiger partial charge on any atom is 0.0719 e. The molecule has 1 aliphatic heterocycles. The standard InChI is InChI=1S/C20H17Cl2N3/c1-12-4-9-16(22)17-18(12)24-19(20(17,2)3)13-10-23-25(11-13)15-7-5-14(21)6-8-15/h4-11H,1-3H3. The lowest BCUT2D eigenvalue weighted by molar-refractivity contribution is 0.737. The Labute approximate surface area is 156 Å². The van der Waals surface area contributed by atoms with Crippen LogP contribution >= 0.6 is 23.2 Å². The van der Waals surface area contributed by atoms with Crippen molar-refractivity contribution in [2.75, 3.05) is 0 Å². The zero-order valence-corrected chi connectivity index (χ0v) is 15.7. The molecule has 126 valence electrons. The highest BCUT2D eigenvalue weighted by Crippen LogP contribution is 2.47. The van der Waals surface area contributed by atoms with Gasteiger partial charge in [0.05, 0.1) is 23.3 Å². The smallest absolute Gasteiger partial charge is 0.0719 e. The topological polar surface area (TPSA) is 30.2 Å². The number of nitrogens with zero attached hydrogens (tertiary/aromatic N) is 3. The first-order chi connectivity index (χ1) is 11.9. The number of aromatic nitrogens is 2. The van der Waals surface area contributed by atoms with E-state index in [2.05, 4.69) is 25.9 Å². The van der Waals surface area contributed by atoms with Gasteiger partial charge < -0.3 is 0 Å². The summed E-state index contributed by atoms with van der Waals surface area (Å²) in [6.07, 6.45) is 3.85. The van der Waals surface area contributed by atoms with Gasteiger partial charge in [-0.1, -0.05) is 29.3 Å². The van der Waals surface area contributed by atoms with Gasteiger partial charge in [0.2, 0.25) is 0 Å². The third kappa shape index (κ3) is 2.59.